The number of carbonyl (C=O) groups is 2. The third-order valence-electron chi connectivity index (χ3n) is 4.06. The molecule has 2 heterocycles. The lowest BCUT2D eigenvalue weighted by atomic mass is 9.95. The van der Waals surface area contributed by atoms with E-state index in [-0.39, 0.29) is 11.1 Å². The van der Waals surface area contributed by atoms with Crippen molar-refractivity contribution in [2.45, 2.75) is 6.92 Å². The van der Waals surface area contributed by atoms with E-state index in [9.17, 15) is 14.9 Å². The molecule has 0 N–H and O–H groups in total. The zero-order valence-corrected chi connectivity index (χ0v) is 15.4. The molecule has 130 valence electrons. The third-order valence-corrected chi connectivity index (χ3v) is 4.80. The molecule has 0 saturated heterocycles. The maximum absolute atomic E-state index is 12.4. The number of halogens is 2. The van der Waals surface area contributed by atoms with Gasteiger partial charge in [-0.1, -0.05) is 23.2 Å². The summed E-state index contributed by atoms with van der Waals surface area (Å²) in [5, 5.41) is 10.0. The van der Waals surface area contributed by atoms with Crippen LogP contribution in [0.25, 0.3) is 17.4 Å². The van der Waals surface area contributed by atoms with Crippen molar-refractivity contribution >= 4 is 41.1 Å². The molecule has 0 bridgehead atoms. The first-order chi connectivity index (χ1) is 12.3. The van der Waals surface area contributed by atoms with E-state index in [1.807, 2.05) is 6.07 Å². The molecular formula is C19H12Cl2N2O3. The fraction of sp³-hybridized carbons (Fsp3) is 0.105. The minimum Gasteiger partial charge on any atom is -0.457 e. The van der Waals surface area contributed by atoms with Crippen LogP contribution in [0.2, 0.25) is 10.0 Å². The summed E-state index contributed by atoms with van der Waals surface area (Å²) in [5.41, 5.74) is 1.23. The molecule has 3 rings (SSSR count). The van der Waals surface area contributed by atoms with Crippen LogP contribution in [-0.2, 0) is 9.59 Å². The molecule has 7 heteroatoms. The number of hydrogen-bond acceptors (Lipinski definition) is 4. The molecular weight excluding hydrogens is 375 g/mol. The fourth-order valence-corrected chi connectivity index (χ4v) is 2.87. The monoisotopic (exact) mass is 386 g/mol. The first-order valence-corrected chi connectivity index (χ1v) is 8.29. The van der Waals surface area contributed by atoms with E-state index in [1.54, 1.807) is 37.3 Å². The second kappa shape index (κ2) is 6.83. The lowest BCUT2D eigenvalue weighted by Crippen LogP contribution is -2.39. The first-order valence-electron chi connectivity index (χ1n) is 7.54. The third kappa shape index (κ3) is 3.05. The smallest absolute Gasteiger partial charge is 0.271 e. The Hall–Kier alpha value is -2.81. The van der Waals surface area contributed by atoms with E-state index in [1.165, 1.54) is 13.1 Å². The first kappa shape index (κ1) is 18.0. The summed E-state index contributed by atoms with van der Waals surface area (Å²) in [4.78, 5) is 25.3. The van der Waals surface area contributed by atoms with Crippen molar-refractivity contribution in [3.63, 3.8) is 0 Å². The summed E-state index contributed by atoms with van der Waals surface area (Å²) in [6.07, 6.45) is 1.51. The van der Waals surface area contributed by atoms with Crippen LogP contribution in [0, 0.1) is 11.3 Å². The number of nitriles is 1. The Morgan fingerprint density at radius 1 is 1.12 bits per heavy atom. The largest absolute Gasteiger partial charge is 0.457 e. The second-order valence-electron chi connectivity index (χ2n) is 5.67. The van der Waals surface area contributed by atoms with E-state index in [2.05, 4.69) is 0 Å². The molecule has 1 aliphatic rings. The molecule has 0 radical (unpaired) electrons. The summed E-state index contributed by atoms with van der Waals surface area (Å²) in [7, 11) is 1.34. The molecule has 0 fully saturated rings. The summed E-state index contributed by atoms with van der Waals surface area (Å²) >= 11 is 11.9. The van der Waals surface area contributed by atoms with Crippen LogP contribution in [0.5, 0.6) is 0 Å². The van der Waals surface area contributed by atoms with Crippen molar-refractivity contribution in [3.8, 4) is 17.4 Å². The predicted octanol–water partition coefficient (Wildman–Crippen LogP) is 4.48. The highest BCUT2D eigenvalue weighted by Crippen LogP contribution is 2.31. The Morgan fingerprint density at radius 3 is 2.50 bits per heavy atom. The van der Waals surface area contributed by atoms with Gasteiger partial charge in [0.1, 0.15) is 23.2 Å². The number of furan rings is 1. The van der Waals surface area contributed by atoms with Gasteiger partial charge in [0.05, 0.1) is 10.0 Å². The maximum atomic E-state index is 12.4. The van der Waals surface area contributed by atoms with Crippen molar-refractivity contribution in [2.24, 2.45) is 0 Å². The SMILES string of the molecule is CC1=C(C#N)C(=O)N(C)C(=O)/C1=C/c1ccc(-c2ccc(Cl)c(Cl)c2)o1. The molecule has 1 aromatic heterocycles. The van der Waals surface area contributed by atoms with Crippen LogP contribution in [0.4, 0.5) is 0 Å². The normalized spacial score (nSPS) is 16.4. The molecule has 5 nitrogen and oxygen atoms in total. The molecule has 0 saturated carbocycles. The van der Waals surface area contributed by atoms with Crippen LogP contribution in [0.15, 0.2) is 51.5 Å². The quantitative estimate of drug-likeness (QED) is 0.563. The Bertz CT molecular complexity index is 1040. The molecule has 2 aromatic rings. The molecule has 26 heavy (non-hydrogen) atoms. The summed E-state index contributed by atoms with van der Waals surface area (Å²) in [5.74, 6) is -0.138. The second-order valence-corrected chi connectivity index (χ2v) is 6.48. The van der Waals surface area contributed by atoms with Gasteiger partial charge < -0.3 is 4.42 Å². The highest BCUT2D eigenvalue weighted by Gasteiger charge is 2.33. The minimum absolute atomic E-state index is 0.0605. The van der Waals surface area contributed by atoms with Crippen molar-refractivity contribution in [3.05, 3.63) is 62.9 Å². The van der Waals surface area contributed by atoms with Gasteiger partial charge in [-0.05, 0) is 48.9 Å². The Labute approximate surface area is 159 Å². The number of benzene rings is 1. The Kier molecular flexibility index (Phi) is 4.73. The van der Waals surface area contributed by atoms with E-state index in [0.717, 1.165) is 10.5 Å². The van der Waals surface area contributed by atoms with Crippen molar-refractivity contribution < 1.29 is 14.0 Å². The molecule has 0 atom stereocenters. The van der Waals surface area contributed by atoms with Gasteiger partial charge in [0.2, 0.25) is 0 Å². The summed E-state index contributed by atoms with van der Waals surface area (Å²) in [6.45, 7) is 1.57. The van der Waals surface area contributed by atoms with Crippen molar-refractivity contribution in [1.29, 1.82) is 5.26 Å². The molecule has 0 unspecified atom stereocenters. The van der Waals surface area contributed by atoms with E-state index < -0.39 is 11.8 Å². The van der Waals surface area contributed by atoms with Gasteiger partial charge in [-0.2, -0.15) is 5.26 Å². The fourth-order valence-electron chi connectivity index (χ4n) is 2.57. The number of rotatable bonds is 2. The van der Waals surface area contributed by atoms with Gasteiger partial charge in [-0.25, -0.2) is 0 Å². The number of amides is 2. The van der Waals surface area contributed by atoms with Gasteiger partial charge in [-0.3, -0.25) is 14.5 Å². The van der Waals surface area contributed by atoms with Gasteiger partial charge in [0.15, 0.2) is 0 Å². The number of hydrogen-bond donors (Lipinski definition) is 0. The molecule has 0 aliphatic carbocycles. The van der Waals surface area contributed by atoms with E-state index in [4.69, 9.17) is 27.6 Å². The number of carbonyl (C=O) groups excluding carboxylic acids is 2. The molecule has 0 spiro atoms. The topological polar surface area (TPSA) is 74.3 Å². The van der Waals surface area contributed by atoms with Gasteiger partial charge in [-0.15, -0.1) is 0 Å². The van der Waals surface area contributed by atoms with Crippen LogP contribution >= 0.6 is 23.2 Å². The van der Waals surface area contributed by atoms with Gasteiger partial charge in [0.25, 0.3) is 11.8 Å². The van der Waals surface area contributed by atoms with Crippen LogP contribution in [0.1, 0.15) is 12.7 Å². The van der Waals surface area contributed by atoms with Gasteiger partial charge in [0, 0.05) is 18.2 Å². The van der Waals surface area contributed by atoms with Gasteiger partial charge >= 0.3 is 0 Å². The average Bonchev–Trinajstić information content (AvgIpc) is 3.08. The minimum atomic E-state index is -0.608. The highest BCUT2D eigenvalue weighted by atomic mass is 35.5. The number of likely N-dealkylation sites (N-methyl/N-ethyl adjacent to an activating group) is 1. The van der Waals surface area contributed by atoms with Crippen LogP contribution < -0.4 is 0 Å². The Balaban J connectivity index is 2.03. The lowest BCUT2D eigenvalue weighted by molar-refractivity contribution is -0.138. The molecule has 1 aromatic carbocycles. The van der Waals surface area contributed by atoms with E-state index >= 15 is 0 Å². The van der Waals surface area contributed by atoms with Crippen molar-refractivity contribution in [1.82, 2.24) is 4.90 Å². The van der Waals surface area contributed by atoms with E-state index in [0.29, 0.717) is 27.1 Å². The zero-order chi connectivity index (χ0) is 19.0. The highest BCUT2D eigenvalue weighted by molar-refractivity contribution is 6.42. The van der Waals surface area contributed by atoms with Crippen LogP contribution in [-0.4, -0.2) is 23.8 Å². The lowest BCUT2D eigenvalue weighted by Gasteiger charge is -2.23. The van der Waals surface area contributed by atoms with Crippen LogP contribution in [0.3, 0.4) is 0 Å². The standard InChI is InChI=1S/C19H12Cl2N2O3/c1-10-13(18(24)23(2)19(25)14(10)9-22)8-12-4-6-17(26-12)11-3-5-15(20)16(21)7-11/h3-8H,1-2H3/b13-8+. The molecule has 1 aliphatic heterocycles. The van der Waals surface area contributed by atoms with Crippen molar-refractivity contribution in [2.75, 3.05) is 7.05 Å². The predicted molar refractivity (Wildman–Crippen MR) is 98.2 cm³/mol. The Morgan fingerprint density at radius 2 is 1.85 bits per heavy atom. The number of imide groups is 1. The number of nitrogens with zero attached hydrogens (tertiary/aromatic N) is 2. The summed E-state index contributed by atoms with van der Waals surface area (Å²) < 4.78 is 5.76. The summed E-state index contributed by atoms with van der Waals surface area (Å²) in [6, 6.07) is 10.4. The average molecular weight is 387 g/mol. The molecule has 2 amide bonds. The maximum Gasteiger partial charge on any atom is 0.271 e. The zero-order valence-electron chi connectivity index (χ0n) is 13.8.